The number of likely N-dealkylation sites (N-methyl/N-ethyl adjacent to an activating group) is 1. The third-order valence-corrected chi connectivity index (χ3v) is 5.72. The molecule has 3 heterocycles. The zero-order valence-corrected chi connectivity index (χ0v) is 15.4. The van der Waals surface area contributed by atoms with E-state index in [4.69, 9.17) is 4.98 Å². The molecule has 1 atom stereocenters. The molecule has 26 heavy (non-hydrogen) atoms. The number of nitrogens with zero attached hydrogens (tertiary/aromatic N) is 5. The van der Waals surface area contributed by atoms with Crippen LogP contribution in [0.25, 0.3) is 0 Å². The lowest BCUT2D eigenvalue weighted by Gasteiger charge is -2.43. The van der Waals surface area contributed by atoms with Crippen molar-refractivity contribution in [2.75, 3.05) is 41.4 Å². The van der Waals surface area contributed by atoms with E-state index in [0.717, 1.165) is 30.8 Å². The Balaban J connectivity index is 1.75. The molecule has 2 fully saturated rings. The summed E-state index contributed by atoms with van der Waals surface area (Å²) in [5.41, 5.74) is 0.761. The first-order valence-corrected chi connectivity index (χ1v) is 9.54. The molecule has 1 aromatic heterocycles. The van der Waals surface area contributed by atoms with Crippen molar-refractivity contribution in [3.05, 3.63) is 6.20 Å². The molecule has 0 radical (unpaired) electrons. The van der Waals surface area contributed by atoms with Gasteiger partial charge in [0.05, 0.1) is 12.7 Å². The molecule has 0 spiro atoms. The smallest absolute Gasteiger partial charge is 0.249 e. The number of hydrogen-bond acceptors (Lipinski definition) is 6. The van der Waals surface area contributed by atoms with Crippen molar-refractivity contribution in [3.63, 3.8) is 0 Å². The number of piperazine rings is 1. The predicted molar refractivity (Wildman–Crippen MR) is 99.5 cm³/mol. The average Bonchev–Trinajstić information content (AvgIpc) is 3.18. The van der Waals surface area contributed by atoms with Gasteiger partial charge in [0.2, 0.25) is 17.8 Å². The molecule has 1 saturated heterocycles. The number of nitrogens with one attached hydrogen (secondary N) is 1. The van der Waals surface area contributed by atoms with Crippen LogP contribution >= 0.6 is 0 Å². The molecular weight excluding hydrogens is 332 g/mol. The largest absolute Gasteiger partial charge is 0.353 e. The van der Waals surface area contributed by atoms with Gasteiger partial charge in [-0.2, -0.15) is 4.98 Å². The molecule has 2 amide bonds. The van der Waals surface area contributed by atoms with Crippen LogP contribution in [0.3, 0.4) is 0 Å². The van der Waals surface area contributed by atoms with Crippen LogP contribution in [-0.2, 0) is 9.59 Å². The minimum absolute atomic E-state index is 0.0102. The van der Waals surface area contributed by atoms with Crippen LogP contribution in [0, 0.1) is 0 Å². The molecule has 0 aromatic carbocycles. The van der Waals surface area contributed by atoms with Crippen molar-refractivity contribution in [2.45, 2.75) is 51.1 Å². The van der Waals surface area contributed by atoms with Gasteiger partial charge in [0.1, 0.15) is 11.7 Å². The molecule has 0 bridgehead atoms. The van der Waals surface area contributed by atoms with E-state index < -0.39 is 0 Å². The summed E-state index contributed by atoms with van der Waals surface area (Å²) < 4.78 is 0. The van der Waals surface area contributed by atoms with Crippen LogP contribution in [0.15, 0.2) is 6.20 Å². The van der Waals surface area contributed by atoms with Gasteiger partial charge >= 0.3 is 0 Å². The maximum Gasteiger partial charge on any atom is 0.249 e. The van der Waals surface area contributed by atoms with E-state index in [2.05, 4.69) is 22.1 Å². The molecule has 1 saturated carbocycles. The topological polar surface area (TPSA) is 81.7 Å². The SMILES string of the molecule is CC[C@@H]1C(=O)N(C)c2cnc(N3CCNC(=O)C3)nc2N1C1CCCC1. The minimum atomic E-state index is -0.178. The fourth-order valence-electron chi connectivity index (χ4n) is 4.34. The number of carbonyl (C=O) groups excluding carboxylic acids is 2. The number of aromatic nitrogens is 2. The molecule has 1 N–H and O–H groups in total. The zero-order valence-electron chi connectivity index (χ0n) is 15.4. The van der Waals surface area contributed by atoms with Gasteiger partial charge in [0.15, 0.2) is 5.82 Å². The highest BCUT2D eigenvalue weighted by Crippen LogP contribution is 2.40. The van der Waals surface area contributed by atoms with Crippen molar-refractivity contribution < 1.29 is 9.59 Å². The van der Waals surface area contributed by atoms with Crippen molar-refractivity contribution in [3.8, 4) is 0 Å². The molecule has 3 aliphatic rings. The van der Waals surface area contributed by atoms with Crippen LogP contribution in [0.5, 0.6) is 0 Å². The lowest BCUT2D eigenvalue weighted by Crippen LogP contribution is -2.56. The summed E-state index contributed by atoms with van der Waals surface area (Å²) in [6.07, 6.45) is 7.07. The Morgan fingerprint density at radius 3 is 2.73 bits per heavy atom. The number of fused-ring (bicyclic) bond motifs is 1. The lowest BCUT2D eigenvalue weighted by molar-refractivity contribution is -0.121. The first kappa shape index (κ1) is 17.1. The maximum absolute atomic E-state index is 12.9. The number of anilines is 3. The number of carbonyl (C=O) groups is 2. The standard InChI is InChI=1S/C18H26N6O2/c1-3-13-17(26)22(2)14-10-20-18(23-9-8-19-15(25)11-23)21-16(14)24(13)12-6-4-5-7-12/h10,12-13H,3-9,11H2,1-2H3,(H,19,25)/t13-/m1/s1. The Kier molecular flexibility index (Phi) is 4.42. The minimum Gasteiger partial charge on any atom is -0.353 e. The molecule has 1 aliphatic carbocycles. The van der Waals surface area contributed by atoms with Crippen LogP contribution < -0.4 is 20.0 Å². The highest BCUT2D eigenvalue weighted by atomic mass is 16.2. The third kappa shape index (κ3) is 2.77. The van der Waals surface area contributed by atoms with Crippen LogP contribution in [0.4, 0.5) is 17.5 Å². The molecule has 2 aliphatic heterocycles. The van der Waals surface area contributed by atoms with E-state index in [1.807, 2.05) is 4.90 Å². The molecule has 8 heteroatoms. The quantitative estimate of drug-likeness (QED) is 0.865. The number of hydrogen-bond donors (Lipinski definition) is 1. The van der Waals surface area contributed by atoms with Gasteiger partial charge in [-0.25, -0.2) is 4.98 Å². The summed E-state index contributed by atoms with van der Waals surface area (Å²) in [4.78, 5) is 39.7. The molecule has 140 valence electrons. The van der Waals surface area contributed by atoms with E-state index in [1.165, 1.54) is 12.8 Å². The monoisotopic (exact) mass is 358 g/mol. The van der Waals surface area contributed by atoms with Crippen molar-refractivity contribution in [1.82, 2.24) is 15.3 Å². The fraction of sp³-hybridized carbons (Fsp3) is 0.667. The summed E-state index contributed by atoms with van der Waals surface area (Å²) in [5, 5.41) is 2.83. The second kappa shape index (κ2) is 6.74. The fourth-order valence-corrected chi connectivity index (χ4v) is 4.34. The Labute approximate surface area is 153 Å². The first-order valence-electron chi connectivity index (χ1n) is 9.54. The van der Waals surface area contributed by atoms with Crippen LogP contribution in [0.2, 0.25) is 0 Å². The highest BCUT2D eigenvalue weighted by Gasteiger charge is 2.41. The van der Waals surface area contributed by atoms with Gasteiger partial charge in [-0.05, 0) is 19.3 Å². The third-order valence-electron chi connectivity index (χ3n) is 5.72. The van der Waals surface area contributed by atoms with Gasteiger partial charge < -0.3 is 20.0 Å². The van der Waals surface area contributed by atoms with E-state index in [0.29, 0.717) is 25.1 Å². The van der Waals surface area contributed by atoms with E-state index >= 15 is 0 Å². The predicted octanol–water partition coefficient (Wildman–Crippen LogP) is 0.917. The highest BCUT2D eigenvalue weighted by molar-refractivity contribution is 6.04. The molecular formula is C18H26N6O2. The summed E-state index contributed by atoms with van der Waals surface area (Å²) in [5.74, 6) is 1.51. The molecule has 8 nitrogen and oxygen atoms in total. The maximum atomic E-state index is 12.9. The zero-order chi connectivity index (χ0) is 18.3. The number of rotatable bonds is 3. The van der Waals surface area contributed by atoms with Crippen molar-refractivity contribution in [1.29, 1.82) is 0 Å². The van der Waals surface area contributed by atoms with E-state index in [1.54, 1.807) is 18.1 Å². The number of amides is 2. The van der Waals surface area contributed by atoms with E-state index in [-0.39, 0.29) is 24.4 Å². The second-order valence-corrected chi connectivity index (χ2v) is 7.32. The molecule has 4 rings (SSSR count). The normalized spacial score (nSPS) is 24.1. The van der Waals surface area contributed by atoms with E-state index in [9.17, 15) is 9.59 Å². The Morgan fingerprint density at radius 2 is 2.04 bits per heavy atom. The molecule has 0 unspecified atom stereocenters. The van der Waals surface area contributed by atoms with Crippen LogP contribution in [0.1, 0.15) is 39.0 Å². The average molecular weight is 358 g/mol. The Hall–Kier alpha value is -2.38. The Morgan fingerprint density at radius 1 is 1.27 bits per heavy atom. The van der Waals surface area contributed by atoms with Crippen molar-refractivity contribution >= 4 is 29.3 Å². The van der Waals surface area contributed by atoms with Gasteiger partial charge in [-0.1, -0.05) is 19.8 Å². The molecule has 1 aromatic rings. The van der Waals surface area contributed by atoms with Crippen molar-refractivity contribution in [2.24, 2.45) is 0 Å². The first-order chi connectivity index (χ1) is 12.6. The summed E-state index contributed by atoms with van der Waals surface area (Å²) in [6.45, 7) is 3.62. The summed E-state index contributed by atoms with van der Waals surface area (Å²) in [7, 11) is 1.80. The summed E-state index contributed by atoms with van der Waals surface area (Å²) in [6, 6.07) is 0.173. The van der Waals surface area contributed by atoms with Crippen LogP contribution in [-0.4, -0.2) is 60.5 Å². The van der Waals surface area contributed by atoms with Gasteiger partial charge in [0.25, 0.3) is 0 Å². The summed E-state index contributed by atoms with van der Waals surface area (Å²) >= 11 is 0. The van der Waals surface area contributed by atoms with Gasteiger partial charge in [0, 0.05) is 26.2 Å². The lowest BCUT2D eigenvalue weighted by atomic mass is 10.0. The van der Waals surface area contributed by atoms with Gasteiger partial charge in [-0.3, -0.25) is 9.59 Å². The Bertz CT molecular complexity index is 718. The second-order valence-electron chi connectivity index (χ2n) is 7.32. The van der Waals surface area contributed by atoms with Gasteiger partial charge in [-0.15, -0.1) is 0 Å².